The van der Waals surface area contributed by atoms with E-state index in [1.165, 1.54) is 148 Å². The molecule has 1 atom stereocenters. The smallest absolute Gasteiger partial charge is 0.308 e. The first-order valence-corrected chi connectivity index (χ1v) is 15.8. The maximum Gasteiger partial charge on any atom is 0.308 e. The van der Waals surface area contributed by atoms with Gasteiger partial charge in [-0.25, -0.2) is 0 Å². The van der Waals surface area contributed by atoms with Crippen molar-refractivity contribution in [3.8, 4) is 0 Å². The summed E-state index contributed by atoms with van der Waals surface area (Å²) in [6.45, 7) is 9.56. The van der Waals surface area contributed by atoms with Gasteiger partial charge in [0, 0.05) is 0 Å². The molecule has 0 rings (SSSR count). The Labute approximate surface area is 215 Å². The van der Waals surface area contributed by atoms with Crippen molar-refractivity contribution >= 4 is 5.97 Å². The molecule has 1 unspecified atom stereocenters. The van der Waals surface area contributed by atoms with Crippen LogP contribution in [0.3, 0.4) is 0 Å². The van der Waals surface area contributed by atoms with Gasteiger partial charge in [0.1, 0.15) is 0 Å². The summed E-state index contributed by atoms with van der Waals surface area (Å²) in [5.74, 6) is 0.685. The van der Waals surface area contributed by atoms with E-state index in [1.54, 1.807) is 0 Å². The largest absolute Gasteiger partial charge is 0.465 e. The highest BCUT2D eigenvalue weighted by Gasteiger charge is 2.17. The molecule has 0 aliphatic rings. The zero-order valence-electron chi connectivity index (χ0n) is 24.1. The Hall–Kier alpha value is -0.530. The van der Waals surface area contributed by atoms with E-state index < -0.39 is 0 Å². The Morgan fingerprint density at radius 1 is 0.500 bits per heavy atom. The molecule has 0 aromatic rings. The third-order valence-electron chi connectivity index (χ3n) is 7.54. The molecule has 0 aliphatic carbocycles. The Morgan fingerprint density at radius 2 is 0.824 bits per heavy atom. The van der Waals surface area contributed by atoms with Crippen LogP contribution in [-0.2, 0) is 9.53 Å². The number of carbonyl (C=O) groups excluding carboxylic acids is 1. The molecule has 0 N–H and O–H groups in total. The highest BCUT2D eigenvalue weighted by atomic mass is 16.5. The lowest BCUT2D eigenvalue weighted by Gasteiger charge is -2.19. The third-order valence-corrected chi connectivity index (χ3v) is 7.54. The molecule has 0 aromatic carbocycles. The number of hydrogen-bond acceptors (Lipinski definition) is 2. The predicted octanol–water partition coefficient (Wildman–Crippen LogP) is 11.2. The summed E-state index contributed by atoms with van der Waals surface area (Å²) in [6, 6.07) is 0. The second kappa shape index (κ2) is 27.1. The van der Waals surface area contributed by atoms with Gasteiger partial charge in [0.05, 0.1) is 12.5 Å². The zero-order chi connectivity index (χ0) is 25.1. The van der Waals surface area contributed by atoms with Gasteiger partial charge in [-0.1, -0.05) is 163 Å². The standard InChI is InChI=1S/C32H64O2/c1-5-8-11-14-17-20-23-26-30(4)32(33)34-29-31(27-24-21-18-15-12-9-6-2)28-25-22-19-16-13-10-7-3/h30-31H,5-29H2,1-4H3. The summed E-state index contributed by atoms with van der Waals surface area (Å²) in [6.07, 6.45) is 31.6. The van der Waals surface area contributed by atoms with Crippen LogP contribution in [0, 0.1) is 11.8 Å². The highest BCUT2D eigenvalue weighted by Crippen LogP contribution is 2.21. The molecule has 2 nitrogen and oxygen atoms in total. The molecule has 34 heavy (non-hydrogen) atoms. The first-order valence-electron chi connectivity index (χ1n) is 15.8. The molecule has 0 heterocycles. The third kappa shape index (κ3) is 23.2. The first kappa shape index (κ1) is 33.5. The summed E-state index contributed by atoms with van der Waals surface area (Å²) in [7, 11) is 0. The topological polar surface area (TPSA) is 26.3 Å². The number of unbranched alkanes of at least 4 members (excludes halogenated alkanes) is 18. The lowest BCUT2D eigenvalue weighted by Crippen LogP contribution is -2.20. The van der Waals surface area contributed by atoms with Crippen LogP contribution in [0.25, 0.3) is 0 Å². The van der Waals surface area contributed by atoms with Crippen LogP contribution < -0.4 is 0 Å². The molecule has 0 saturated carbocycles. The fourth-order valence-electron chi connectivity index (χ4n) is 4.96. The van der Waals surface area contributed by atoms with Crippen LogP contribution in [-0.4, -0.2) is 12.6 Å². The van der Waals surface area contributed by atoms with Crippen molar-refractivity contribution in [3.63, 3.8) is 0 Å². The van der Waals surface area contributed by atoms with Crippen LogP contribution in [0.15, 0.2) is 0 Å². The van der Waals surface area contributed by atoms with Gasteiger partial charge < -0.3 is 4.74 Å². The van der Waals surface area contributed by atoms with E-state index in [4.69, 9.17) is 4.74 Å². The van der Waals surface area contributed by atoms with Gasteiger partial charge >= 0.3 is 5.97 Å². The quantitative estimate of drug-likeness (QED) is 0.0862. The van der Waals surface area contributed by atoms with Crippen LogP contribution in [0.4, 0.5) is 0 Å². The normalized spacial score (nSPS) is 12.4. The van der Waals surface area contributed by atoms with Crippen molar-refractivity contribution in [1.82, 2.24) is 0 Å². The molecular formula is C32H64O2. The fraction of sp³-hybridized carbons (Fsp3) is 0.969. The minimum Gasteiger partial charge on any atom is -0.465 e. The van der Waals surface area contributed by atoms with Crippen LogP contribution in [0.5, 0.6) is 0 Å². The van der Waals surface area contributed by atoms with Crippen LogP contribution >= 0.6 is 0 Å². The molecule has 0 saturated heterocycles. The molecule has 0 spiro atoms. The van der Waals surface area contributed by atoms with Gasteiger partial charge in [-0.15, -0.1) is 0 Å². The summed E-state index contributed by atoms with van der Waals surface area (Å²) < 4.78 is 5.86. The summed E-state index contributed by atoms with van der Waals surface area (Å²) in [4.78, 5) is 12.6. The maximum atomic E-state index is 12.6. The molecule has 0 aromatic heterocycles. The van der Waals surface area contributed by atoms with Crippen molar-refractivity contribution in [3.05, 3.63) is 0 Å². The average Bonchev–Trinajstić information content (AvgIpc) is 2.84. The molecule has 0 bridgehead atoms. The van der Waals surface area contributed by atoms with Crippen molar-refractivity contribution in [2.45, 2.75) is 182 Å². The fourth-order valence-corrected chi connectivity index (χ4v) is 4.96. The first-order chi connectivity index (χ1) is 16.7. The van der Waals surface area contributed by atoms with Gasteiger partial charge in [0.2, 0.25) is 0 Å². The van der Waals surface area contributed by atoms with Gasteiger partial charge in [-0.3, -0.25) is 4.79 Å². The lowest BCUT2D eigenvalue weighted by molar-refractivity contribution is -0.149. The Kier molecular flexibility index (Phi) is 26.6. The van der Waals surface area contributed by atoms with E-state index >= 15 is 0 Å². The second-order valence-corrected chi connectivity index (χ2v) is 11.1. The highest BCUT2D eigenvalue weighted by molar-refractivity contribution is 5.71. The number of ether oxygens (including phenoxy) is 1. The predicted molar refractivity (Wildman–Crippen MR) is 151 cm³/mol. The van der Waals surface area contributed by atoms with Crippen molar-refractivity contribution in [2.75, 3.05) is 6.61 Å². The Balaban J connectivity index is 4.13. The summed E-state index contributed by atoms with van der Waals surface area (Å²) in [5, 5.41) is 0. The van der Waals surface area contributed by atoms with Gasteiger partial charge in [-0.2, -0.15) is 0 Å². The summed E-state index contributed by atoms with van der Waals surface area (Å²) in [5.41, 5.74) is 0. The molecule has 0 fully saturated rings. The van der Waals surface area contributed by atoms with Gasteiger partial charge in [0.25, 0.3) is 0 Å². The van der Waals surface area contributed by atoms with E-state index in [-0.39, 0.29) is 11.9 Å². The van der Waals surface area contributed by atoms with Crippen molar-refractivity contribution in [2.24, 2.45) is 11.8 Å². The minimum absolute atomic E-state index is 0.0510. The van der Waals surface area contributed by atoms with Crippen LogP contribution in [0.1, 0.15) is 182 Å². The summed E-state index contributed by atoms with van der Waals surface area (Å²) >= 11 is 0. The average molecular weight is 481 g/mol. The van der Waals surface area contributed by atoms with Crippen molar-refractivity contribution in [1.29, 1.82) is 0 Å². The lowest BCUT2D eigenvalue weighted by atomic mass is 9.94. The van der Waals surface area contributed by atoms with E-state index in [0.717, 1.165) is 6.42 Å². The maximum absolute atomic E-state index is 12.6. The van der Waals surface area contributed by atoms with E-state index in [0.29, 0.717) is 12.5 Å². The molecule has 0 aliphatic heterocycles. The van der Waals surface area contributed by atoms with Crippen LogP contribution in [0.2, 0.25) is 0 Å². The van der Waals surface area contributed by atoms with E-state index in [2.05, 4.69) is 27.7 Å². The molecule has 2 heteroatoms. The molecule has 0 amide bonds. The van der Waals surface area contributed by atoms with Gasteiger partial charge in [-0.05, 0) is 25.2 Å². The molecule has 0 radical (unpaired) electrons. The molecular weight excluding hydrogens is 416 g/mol. The number of rotatable bonds is 27. The van der Waals surface area contributed by atoms with Crippen molar-refractivity contribution < 1.29 is 9.53 Å². The van der Waals surface area contributed by atoms with E-state index in [1.807, 2.05) is 0 Å². The SMILES string of the molecule is CCCCCCCCCC(CCCCCCCCC)COC(=O)C(C)CCCCCCCCC. The van der Waals surface area contributed by atoms with Gasteiger partial charge in [0.15, 0.2) is 0 Å². The Bertz CT molecular complexity index is 388. The second-order valence-electron chi connectivity index (χ2n) is 11.1. The minimum atomic E-state index is 0.0510. The zero-order valence-corrected chi connectivity index (χ0v) is 24.1. The number of hydrogen-bond donors (Lipinski definition) is 0. The van der Waals surface area contributed by atoms with E-state index in [9.17, 15) is 4.79 Å². The number of carbonyl (C=O) groups is 1. The number of esters is 1. The Morgan fingerprint density at radius 3 is 1.21 bits per heavy atom. The molecule has 204 valence electrons. The monoisotopic (exact) mass is 480 g/mol.